The summed E-state index contributed by atoms with van der Waals surface area (Å²) in [5.74, 6) is 0.329. The molecule has 0 aliphatic carbocycles. The van der Waals surface area contributed by atoms with Gasteiger partial charge in [0.1, 0.15) is 0 Å². The molecule has 1 heterocycles. The van der Waals surface area contributed by atoms with E-state index in [-0.39, 0.29) is 11.9 Å². The van der Waals surface area contributed by atoms with Crippen LogP contribution in [0, 0.1) is 13.8 Å². The van der Waals surface area contributed by atoms with Crippen LogP contribution in [0.5, 0.6) is 0 Å². The number of aryl methyl sites for hydroxylation is 2. The molecule has 0 spiro atoms. The van der Waals surface area contributed by atoms with Gasteiger partial charge in [0.25, 0.3) is 5.91 Å². The van der Waals surface area contributed by atoms with E-state index in [4.69, 9.17) is 0 Å². The summed E-state index contributed by atoms with van der Waals surface area (Å²) in [7, 11) is 0. The van der Waals surface area contributed by atoms with Gasteiger partial charge in [-0.05, 0) is 50.5 Å². The quantitative estimate of drug-likeness (QED) is 0.888. The van der Waals surface area contributed by atoms with E-state index in [0.29, 0.717) is 11.5 Å². The third kappa shape index (κ3) is 4.04. The number of amides is 1. The molecule has 1 atom stereocenters. The molecule has 0 radical (unpaired) electrons. The van der Waals surface area contributed by atoms with Crippen LogP contribution >= 0.6 is 0 Å². The molecule has 0 fully saturated rings. The zero-order valence-electron chi connectivity index (χ0n) is 13.5. The first-order valence-corrected chi connectivity index (χ1v) is 7.46. The fourth-order valence-electron chi connectivity index (χ4n) is 1.87. The molecule has 0 saturated carbocycles. The van der Waals surface area contributed by atoms with E-state index in [0.717, 1.165) is 12.1 Å². The maximum atomic E-state index is 12.0. The van der Waals surface area contributed by atoms with Crippen LogP contribution in [-0.4, -0.2) is 21.9 Å². The standard InChI is InChI=1S/C17H22N4O/c1-5-13(4)20-16(22)14-9-18-17(19-10-14)21-15-7-6-11(2)12(3)8-15/h6-10,13H,5H2,1-4H3,(H,20,22)(H,18,19,21). The zero-order chi connectivity index (χ0) is 16.1. The van der Waals surface area contributed by atoms with Gasteiger partial charge in [0.05, 0.1) is 5.56 Å². The Kier molecular flexibility index (Phi) is 5.09. The number of nitrogens with one attached hydrogen (secondary N) is 2. The SMILES string of the molecule is CCC(C)NC(=O)c1cnc(Nc2ccc(C)c(C)c2)nc1. The lowest BCUT2D eigenvalue weighted by atomic mass is 10.1. The smallest absolute Gasteiger partial charge is 0.254 e. The van der Waals surface area contributed by atoms with Crippen molar-refractivity contribution in [2.45, 2.75) is 40.2 Å². The predicted molar refractivity (Wildman–Crippen MR) is 88.4 cm³/mol. The van der Waals surface area contributed by atoms with Crippen LogP contribution < -0.4 is 10.6 Å². The molecule has 1 aromatic heterocycles. The summed E-state index contributed by atoms with van der Waals surface area (Å²) < 4.78 is 0. The van der Waals surface area contributed by atoms with E-state index in [1.807, 2.05) is 32.0 Å². The topological polar surface area (TPSA) is 66.9 Å². The monoisotopic (exact) mass is 298 g/mol. The molecular weight excluding hydrogens is 276 g/mol. The summed E-state index contributed by atoms with van der Waals surface area (Å²) in [6.07, 6.45) is 3.96. The summed E-state index contributed by atoms with van der Waals surface area (Å²) in [5, 5.41) is 6.03. The minimum atomic E-state index is -0.146. The fourth-order valence-corrected chi connectivity index (χ4v) is 1.87. The Morgan fingerprint density at radius 3 is 2.45 bits per heavy atom. The van der Waals surface area contributed by atoms with Crippen LogP contribution in [0.25, 0.3) is 0 Å². The molecule has 1 aromatic carbocycles. The lowest BCUT2D eigenvalue weighted by Crippen LogP contribution is -2.32. The minimum Gasteiger partial charge on any atom is -0.350 e. The summed E-state index contributed by atoms with van der Waals surface area (Å²) in [5.41, 5.74) is 3.84. The molecule has 0 bridgehead atoms. The summed E-state index contributed by atoms with van der Waals surface area (Å²) in [4.78, 5) is 20.3. The lowest BCUT2D eigenvalue weighted by molar-refractivity contribution is 0.0938. The molecule has 5 heteroatoms. The number of carbonyl (C=O) groups excluding carboxylic acids is 1. The maximum absolute atomic E-state index is 12.0. The highest BCUT2D eigenvalue weighted by Crippen LogP contribution is 2.17. The van der Waals surface area contributed by atoms with E-state index in [9.17, 15) is 4.79 Å². The van der Waals surface area contributed by atoms with E-state index in [1.165, 1.54) is 23.5 Å². The van der Waals surface area contributed by atoms with Gasteiger partial charge in [-0.15, -0.1) is 0 Å². The van der Waals surface area contributed by atoms with E-state index in [2.05, 4.69) is 34.4 Å². The Morgan fingerprint density at radius 2 is 1.86 bits per heavy atom. The van der Waals surface area contributed by atoms with Gasteiger partial charge >= 0.3 is 0 Å². The number of anilines is 2. The highest BCUT2D eigenvalue weighted by atomic mass is 16.1. The molecule has 0 aliphatic rings. The molecule has 2 rings (SSSR count). The molecule has 1 amide bonds. The van der Waals surface area contributed by atoms with Crippen molar-refractivity contribution in [3.8, 4) is 0 Å². The largest absolute Gasteiger partial charge is 0.350 e. The van der Waals surface area contributed by atoms with Crippen LogP contribution in [0.15, 0.2) is 30.6 Å². The van der Waals surface area contributed by atoms with Crippen LogP contribution in [0.1, 0.15) is 41.8 Å². The Morgan fingerprint density at radius 1 is 1.18 bits per heavy atom. The summed E-state index contributed by atoms with van der Waals surface area (Å²) in [6.45, 7) is 8.12. The van der Waals surface area contributed by atoms with Crippen molar-refractivity contribution in [3.63, 3.8) is 0 Å². The van der Waals surface area contributed by atoms with Crippen molar-refractivity contribution in [3.05, 3.63) is 47.3 Å². The highest BCUT2D eigenvalue weighted by molar-refractivity contribution is 5.93. The molecule has 5 nitrogen and oxygen atoms in total. The minimum absolute atomic E-state index is 0.140. The van der Waals surface area contributed by atoms with Crippen molar-refractivity contribution >= 4 is 17.5 Å². The Labute approximate surface area is 131 Å². The molecule has 2 aromatic rings. The molecule has 1 unspecified atom stereocenters. The molecule has 0 aliphatic heterocycles. The number of rotatable bonds is 5. The average molecular weight is 298 g/mol. The third-order valence-corrected chi connectivity index (χ3v) is 3.67. The molecule has 116 valence electrons. The van der Waals surface area contributed by atoms with Crippen molar-refractivity contribution < 1.29 is 4.79 Å². The zero-order valence-corrected chi connectivity index (χ0v) is 13.5. The molecule has 2 N–H and O–H groups in total. The van der Waals surface area contributed by atoms with Gasteiger partial charge in [0.2, 0.25) is 5.95 Å². The van der Waals surface area contributed by atoms with Gasteiger partial charge in [-0.1, -0.05) is 13.0 Å². The van der Waals surface area contributed by atoms with Crippen LogP contribution in [0.2, 0.25) is 0 Å². The molecule has 0 saturated heterocycles. The van der Waals surface area contributed by atoms with Gasteiger partial charge in [-0.25, -0.2) is 9.97 Å². The lowest BCUT2D eigenvalue weighted by Gasteiger charge is -2.11. The molecular formula is C17H22N4O. The highest BCUT2D eigenvalue weighted by Gasteiger charge is 2.09. The Bertz CT molecular complexity index is 652. The number of nitrogens with zero attached hydrogens (tertiary/aromatic N) is 2. The van der Waals surface area contributed by atoms with E-state index in [1.54, 1.807) is 0 Å². The maximum Gasteiger partial charge on any atom is 0.254 e. The first-order chi connectivity index (χ1) is 10.5. The van der Waals surface area contributed by atoms with E-state index < -0.39 is 0 Å². The van der Waals surface area contributed by atoms with Gasteiger partial charge < -0.3 is 10.6 Å². The second-order valence-corrected chi connectivity index (χ2v) is 5.50. The van der Waals surface area contributed by atoms with Gasteiger partial charge in [-0.2, -0.15) is 0 Å². The van der Waals surface area contributed by atoms with Crippen molar-refractivity contribution in [1.29, 1.82) is 0 Å². The fraction of sp³-hybridized carbons (Fsp3) is 0.353. The second kappa shape index (κ2) is 7.02. The summed E-state index contributed by atoms with van der Waals surface area (Å²) in [6, 6.07) is 6.21. The average Bonchev–Trinajstić information content (AvgIpc) is 2.51. The first kappa shape index (κ1) is 15.9. The first-order valence-electron chi connectivity index (χ1n) is 7.46. The number of benzene rings is 1. The summed E-state index contributed by atoms with van der Waals surface area (Å²) >= 11 is 0. The van der Waals surface area contributed by atoms with Crippen molar-refractivity contribution in [2.75, 3.05) is 5.32 Å². The number of aromatic nitrogens is 2. The Hall–Kier alpha value is -2.43. The number of hydrogen-bond donors (Lipinski definition) is 2. The van der Waals surface area contributed by atoms with Crippen molar-refractivity contribution in [2.24, 2.45) is 0 Å². The third-order valence-electron chi connectivity index (χ3n) is 3.67. The van der Waals surface area contributed by atoms with Gasteiger partial charge in [0, 0.05) is 24.1 Å². The number of carbonyl (C=O) groups is 1. The predicted octanol–water partition coefficient (Wildman–Crippen LogP) is 3.37. The normalized spacial score (nSPS) is 11.8. The van der Waals surface area contributed by atoms with Crippen LogP contribution in [0.4, 0.5) is 11.6 Å². The second-order valence-electron chi connectivity index (χ2n) is 5.50. The Balaban J connectivity index is 2.05. The van der Waals surface area contributed by atoms with Gasteiger partial charge in [-0.3, -0.25) is 4.79 Å². The van der Waals surface area contributed by atoms with Crippen LogP contribution in [-0.2, 0) is 0 Å². The van der Waals surface area contributed by atoms with Crippen molar-refractivity contribution in [1.82, 2.24) is 15.3 Å². The number of hydrogen-bond acceptors (Lipinski definition) is 4. The van der Waals surface area contributed by atoms with E-state index >= 15 is 0 Å². The van der Waals surface area contributed by atoms with Crippen LogP contribution in [0.3, 0.4) is 0 Å². The van der Waals surface area contributed by atoms with Gasteiger partial charge in [0.15, 0.2) is 0 Å². The molecule has 22 heavy (non-hydrogen) atoms.